The lowest BCUT2D eigenvalue weighted by Crippen LogP contribution is -2.60. The van der Waals surface area contributed by atoms with E-state index in [4.69, 9.17) is 5.73 Å². The highest BCUT2D eigenvalue weighted by molar-refractivity contribution is 5.20. The second-order valence-electron chi connectivity index (χ2n) is 5.57. The van der Waals surface area contributed by atoms with Gasteiger partial charge in [-0.2, -0.15) is 0 Å². The van der Waals surface area contributed by atoms with Crippen molar-refractivity contribution in [2.75, 3.05) is 33.2 Å². The maximum absolute atomic E-state index is 13.2. The van der Waals surface area contributed by atoms with Crippen LogP contribution in [0.25, 0.3) is 0 Å². The zero-order chi connectivity index (χ0) is 14.0. The van der Waals surface area contributed by atoms with Crippen molar-refractivity contribution >= 4 is 0 Å². The minimum atomic E-state index is -0.818. The molecule has 1 atom stereocenters. The Kier molecular flexibility index (Phi) is 4.18. The first-order chi connectivity index (χ1) is 8.88. The summed E-state index contributed by atoms with van der Waals surface area (Å²) in [5, 5.41) is 0. The number of rotatable bonds is 3. The molecule has 1 aromatic rings. The van der Waals surface area contributed by atoms with Crippen LogP contribution in [0.4, 0.5) is 8.78 Å². The number of likely N-dealkylation sites (N-methyl/N-ethyl adjacent to an activating group) is 1. The Morgan fingerprint density at radius 1 is 1.16 bits per heavy atom. The summed E-state index contributed by atoms with van der Waals surface area (Å²) in [5.74, 6) is -1.63. The quantitative estimate of drug-likeness (QED) is 0.901. The first kappa shape index (κ1) is 14.4. The zero-order valence-electron chi connectivity index (χ0n) is 11.5. The Hall–Kier alpha value is -1.04. The molecule has 1 aliphatic rings. The van der Waals surface area contributed by atoms with Crippen molar-refractivity contribution in [1.29, 1.82) is 0 Å². The molecular weight excluding hydrogens is 248 g/mol. The molecule has 0 spiro atoms. The predicted octanol–water partition coefficient (Wildman–Crippen LogP) is 1.43. The lowest BCUT2D eigenvalue weighted by atomic mass is 9.99. The number of halogens is 2. The Morgan fingerprint density at radius 3 is 2.37 bits per heavy atom. The van der Waals surface area contributed by atoms with Crippen LogP contribution in [0.5, 0.6) is 0 Å². The molecule has 1 fully saturated rings. The number of piperazine rings is 1. The smallest absolute Gasteiger partial charge is 0.159 e. The molecule has 1 saturated heterocycles. The van der Waals surface area contributed by atoms with Gasteiger partial charge in [-0.1, -0.05) is 6.07 Å². The van der Waals surface area contributed by atoms with Gasteiger partial charge in [0.15, 0.2) is 11.6 Å². The standard InChI is InChI=1S/C14H21F2N3/c1-14(17,19-7-5-18(2)6-8-19)10-11-3-4-12(15)13(16)9-11/h3-4,9H,5-8,10,17H2,1-2H3. The first-order valence-corrected chi connectivity index (χ1v) is 6.55. The van der Waals surface area contributed by atoms with Crippen LogP contribution < -0.4 is 5.73 Å². The van der Waals surface area contributed by atoms with E-state index in [9.17, 15) is 8.78 Å². The van der Waals surface area contributed by atoms with Gasteiger partial charge in [-0.15, -0.1) is 0 Å². The minimum absolute atomic E-state index is 0.508. The topological polar surface area (TPSA) is 32.5 Å². The van der Waals surface area contributed by atoms with E-state index in [1.165, 1.54) is 6.07 Å². The van der Waals surface area contributed by atoms with Gasteiger partial charge in [-0.05, 0) is 31.7 Å². The highest BCUT2D eigenvalue weighted by atomic mass is 19.2. The third kappa shape index (κ3) is 3.49. The number of hydrogen-bond acceptors (Lipinski definition) is 3. The van der Waals surface area contributed by atoms with Crippen LogP contribution in [0.15, 0.2) is 18.2 Å². The molecule has 1 aliphatic heterocycles. The van der Waals surface area contributed by atoms with Crippen molar-refractivity contribution in [1.82, 2.24) is 9.80 Å². The lowest BCUT2D eigenvalue weighted by molar-refractivity contribution is 0.0546. The molecule has 1 aromatic carbocycles. The van der Waals surface area contributed by atoms with Crippen LogP contribution in [-0.4, -0.2) is 48.7 Å². The van der Waals surface area contributed by atoms with Crippen molar-refractivity contribution < 1.29 is 8.78 Å². The Bertz CT molecular complexity index is 440. The lowest BCUT2D eigenvalue weighted by Gasteiger charge is -2.43. The van der Waals surface area contributed by atoms with Gasteiger partial charge in [0.2, 0.25) is 0 Å². The summed E-state index contributed by atoms with van der Waals surface area (Å²) in [4.78, 5) is 4.46. The van der Waals surface area contributed by atoms with Gasteiger partial charge in [0.05, 0.1) is 5.66 Å². The summed E-state index contributed by atoms with van der Waals surface area (Å²) < 4.78 is 26.1. The molecule has 3 nitrogen and oxygen atoms in total. The second kappa shape index (κ2) is 5.53. The van der Waals surface area contributed by atoms with E-state index in [1.807, 2.05) is 6.92 Å². The molecule has 1 unspecified atom stereocenters. The van der Waals surface area contributed by atoms with Crippen LogP contribution in [0.3, 0.4) is 0 Å². The molecule has 1 heterocycles. The van der Waals surface area contributed by atoms with Gasteiger partial charge in [-0.25, -0.2) is 8.78 Å². The van der Waals surface area contributed by atoms with Gasteiger partial charge in [0, 0.05) is 32.6 Å². The largest absolute Gasteiger partial charge is 0.313 e. The monoisotopic (exact) mass is 269 g/mol. The molecule has 0 amide bonds. The van der Waals surface area contributed by atoms with E-state index >= 15 is 0 Å². The Labute approximate surface area is 113 Å². The molecule has 0 radical (unpaired) electrons. The van der Waals surface area contributed by atoms with Crippen molar-refractivity contribution in [2.45, 2.75) is 19.0 Å². The number of hydrogen-bond donors (Lipinski definition) is 1. The summed E-state index contributed by atoms with van der Waals surface area (Å²) in [6.45, 7) is 5.69. The number of benzene rings is 1. The molecule has 106 valence electrons. The van der Waals surface area contributed by atoms with Gasteiger partial charge in [0.25, 0.3) is 0 Å². The van der Waals surface area contributed by atoms with Gasteiger partial charge >= 0.3 is 0 Å². The van der Waals surface area contributed by atoms with Crippen LogP contribution in [0.1, 0.15) is 12.5 Å². The molecule has 0 aliphatic carbocycles. The third-order valence-electron chi connectivity index (χ3n) is 3.77. The summed E-state index contributed by atoms with van der Waals surface area (Å²) in [6.07, 6.45) is 0.508. The van der Waals surface area contributed by atoms with E-state index in [2.05, 4.69) is 16.8 Å². The summed E-state index contributed by atoms with van der Waals surface area (Å²) in [7, 11) is 2.08. The highest BCUT2D eigenvalue weighted by Crippen LogP contribution is 2.19. The Morgan fingerprint density at radius 2 is 1.79 bits per heavy atom. The molecule has 0 bridgehead atoms. The van der Waals surface area contributed by atoms with Crippen molar-refractivity contribution in [2.24, 2.45) is 5.73 Å². The third-order valence-corrected chi connectivity index (χ3v) is 3.77. The van der Waals surface area contributed by atoms with Crippen LogP contribution in [-0.2, 0) is 6.42 Å². The van der Waals surface area contributed by atoms with Crippen LogP contribution in [0, 0.1) is 11.6 Å². The molecule has 2 rings (SSSR count). The minimum Gasteiger partial charge on any atom is -0.313 e. The van der Waals surface area contributed by atoms with Crippen molar-refractivity contribution in [3.63, 3.8) is 0 Å². The fraction of sp³-hybridized carbons (Fsp3) is 0.571. The first-order valence-electron chi connectivity index (χ1n) is 6.55. The van der Waals surface area contributed by atoms with Crippen LogP contribution in [0.2, 0.25) is 0 Å². The van der Waals surface area contributed by atoms with E-state index in [1.54, 1.807) is 6.07 Å². The zero-order valence-corrected chi connectivity index (χ0v) is 11.5. The SMILES string of the molecule is CN1CCN(C(C)(N)Cc2ccc(F)c(F)c2)CC1. The average Bonchev–Trinajstić information content (AvgIpc) is 2.34. The van der Waals surface area contributed by atoms with Gasteiger partial charge < -0.3 is 10.6 Å². The number of nitrogens with zero attached hydrogens (tertiary/aromatic N) is 2. The van der Waals surface area contributed by atoms with Gasteiger partial charge in [-0.3, -0.25) is 4.90 Å². The summed E-state index contributed by atoms with van der Waals surface area (Å²) in [5.41, 5.74) is 6.54. The maximum atomic E-state index is 13.2. The molecule has 2 N–H and O–H groups in total. The van der Waals surface area contributed by atoms with E-state index in [0.717, 1.165) is 37.8 Å². The van der Waals surface area contributed by atoms with Crippen LogP contribution >= 0.6 is 0 Å². The van der Waals surface area contributed by atoms with E-state index < -0.39 is 17.3 Å². The second-order valence-corrected chi connectivity index (χ2v) is 5.57. The fourth-order valence-corrected chi connectivity index (χ4v) is 2.49. The van der Waals surface area contributed by atoms with Gasteiger partial charge in [0.1, 0.15) is 0 Å². The van der Waals surface area contributed by atoms with E-state index in [0.29, 0.717) is 6.42 Å². The molecule has 0 saturated carbocycles. The molecule has 5 heteroatoms. The molecule has 19 heavy (non-hydrogen) atoms. The fourth-order valence-electron chi connectivity index (χ4n) is 2.49. The number of nitrogens with two attached hydrogens (primary N) is 1. The summed E-state index contributed by atoms with van der Waals surface area (Å²) in [6, 6.07) is 3.99. The normalized spacial score (nSPS) is 21.3. The molecular formula is C14H21F2N3. The highest BCUT2D eigenvalue weighted by Gasteiger charge is 2.30. The van der Waals surface area contributed by atoms with Crippen molar-refractivity contribution in [3.8, 4) is 0 Å². The Balaban J connectivity index is 2.05. The van der Waals surface area contributed by atoms with E-state index in [-0.39, 0.29) is 0 Å². The maximum Gasteiger partial charge on any atom is 0.159 e. The summed E-state index contributed by atoms with van der Waals surface area (Å²) >= 11 is 0. The predicted molar refractivity (Wildman–Crippen MR) is 71.7 cm³/mol. The van der Waals surface area contributed by atoms with Crippen molar-refractivity contribution in [3.05, 3.63) is 35.4 Å². The molecule has 0 aromatic heterocycles. The average molecular weight is 269 g/mol.